The molecular formula is C14H26INO4. The van der Waals surface area contributed by atoms with Crippen LogP contribution in [0.3, 0.4) is 0 Å². The summed E-state index contributed by atoms with van der Waals surface area (Å²) in [6, 6.07) is 0. The molecule has 1 rings (SSSR count). The van der Waals surface area contributed by atoms with Gasteiger partial charge in [-0.3, -0.25) is 0 Å². The standard InChI is InChI=1S/C14H26INO4/c1-10-6-18-7-11(10)19-14(5,8-15)9-16-12(17)20-13(2,3)4/h10-11H,6-9H2,1-5H3,(H,16,17). The van der Waals surface area contributed by atoms with Gasteiger partial charge in [-0.15, -0.1) is 0 Å². The normalized spacial score (nSPS) is 26.1. The number of hydrogen-bond acceptors (Lipinski definition) is 4. The summed E-state index contributed by atoms with van der Waals surface area (Å²) in [6.07, 6.45) is -0.317. The van der Waals surface area contributed by atoms with Gasteiger partial charge in [0, 0.05) is 10.3 Å². The first kappa shape index (κ1) is 18.0. The van der Waals surface area contributed by atoms with Crippen LogP contribution in [0.2, 0.25) is 0 Å². The summed E-state index contributed by atoms with van der Waals surface area (Å²) in [5.74, 6) is 0.388. The summed E-state index contributed by atoms with van der Waals surface area (Å²) in [7, 11) is 0. The summed E-state index contributed by atoms with van der Waals surface area (Å²) in [4.78, 5) is 11.7. The zero-order chi connectivity index (χ0) is 15.4. The minimum Gasteiger partial charge on any atom is -0.444 e. The highest BCUT2D eigenvalue weighted by molar-refractivity contribution is 14.1. The first-order valence-electron chi connectivity index (χ1n) is 6.93. The Kier molecular flexibility index (Phi) is 6.53. The molecule has 1 aliphatic rings. The average Bonchev–Trinajstić information content (AvgIpc) is 2.70. The molecule has 118 valence electrons. The molecule has 0 bridgehead atoms. The Morgan fingerprint density at radius 1 is 1.35 bits per heavy atom. The molecule has 1 aliphatic heterocycles. The molecule has 5 nitrogen and oxygen atoms in total. The van der Waals surface area contributed by atoms with Crippen LogP contribution in [0, 0.1) is 5.92 Å². The van der Waals surface area contributed by atoms with Crippen molar-refractivity contribution in [2.45, 2.75) is 51.9 Å². The van der Waals surface area contributed by atoms with E-state index in [0.29, 0.717) is 19.1 Å². The number of halogens is 1. The Bertz CT molecular complexity index is 332. The van der Waals surface area contributed by atoms with Gasteiger partial charge in [0.1, 0.15) is 5.60 Å². The Labute approximate surface area is 135 Å². The van der Waals surface area contributed by atoms with Crippen LogP contribution in [-0.2, 0) is 14.2 Å². The van der Waals surface area contributed by atoms with Gasteiger partial charge in [0.25, 0.3) is 0 Å². The number of hydrogen-bond donors (Lipinski definition) is 1. The van der Waals surface area contributed by atoms with E-state index >= 15 is 0 Å². The fraction of sp³-hybridized carbons (Fsp3) is 0.929. The maximum Gasteiger partial charge on any atom is 0.407 e. The predicted octanol–water partition coefficient (Wildman–Crippen LogP) is 2.76. The Morgan fingerprint density at radius 3 is 2.45 bits per heavy atom. The van der Waals surface area contributed by atoms with Gasteiger partial charge >= 0.3 is 6.09 Å². The van der Waals surface area contributed by atoms with Crippen molar-refractivity contribution in [1.82, 2.24) is 5.32 Å². The first-order chi connectivity index (χ1) is 9.15. The van der Waals surface area contributed by atoms with Gasteiger partial charge < -0.3 is 19.5 Å². The summed E-state index contributed by atoms with van der Waals surface area (Å²) in [5, 5.41) is 2.79. The second-order valence-electron chi connectivity index (χ2n) is 6.61. The molecule has 0 aromatic heterocycles. The molecule has 0 aliphatic carbocycles. The van der Waals surface area contributed by atoms with E-state index < -0.39 is 17.3 Å². The minimum absolute atomic E-state index is 0.0928. The van der Waals surface area contributed by atoms with E-state index in [4.69, 9.17) is 14.2 Å². The lowest BCUT2D eigenvalue weighted by Gasteiger charge is -2.32. The van der Waals surface area contributed by atoms with Gasteiger partial charge in [-0.25, -0.2) is 4.79 Å². The van der Waals surface area contributed by atoms with Gasteiger partial charge in [-0.1, -0.05) is 29.5 Å². The molecule has 6 heteroatoms. The highest BCUT2D eigenvalue weighted by Gasteiger charge is 2.34. The molecule has 3 unspecified atom stereocenters. The number of alkyl halides is 1. The van der Waals surface area contributed by atoms with Crippen molar-refractivity contribution in [3.05, 3.63) is 0 Å². The fourth-order valence-electron chi connectivity index (χ4n) is 1.85. The number of carbonyl (C=O) groups is 1. The summed E-state index contributed by atoms with van der Waals surface area (Å²) < 4.78 is 17.6. The largest absolute Gasteiger partial charge is 0.444 e. The Morgan fingerprint density at radius 2 is 2.00 bits per heavy atom. The average molecular weight is 399 g/mol. The molecule has 0 aromatic carbocycles. The molecule has 0 spiro atoms. The Balaban J connectivity index is 2.46. The van der Waals surface area contributed by atoms with Crippen LogP contribution in [0.5, 0.6) is 0 Å². The summed E-state index contributed by atoms with van der Waals surface area (Å²) >= 11 is 2.28. The third-order valence-electron chi connectivity index (χ3n) is 3.02. The molecule has 1 saturated heterocycles. The number of ether oxygens (including phenoxy) is 3. The van der Waals surface area contributed by atoms with Crippen molar-refractivity contribution >= 4 is 28.7 Å². The fourth-order valence-corrected chi connectivity index (χ4v) is 2.30. The quantitative estimate of drug-likeness (QED) is 0.571. The topological polar surface area (TPSA) is 56.8 Å². The van der Waals surface area contributed by atoms with Gasteiger partial charge in [-0.2, -0.15) is 0 Å². The number of alkyl carbamates (subject to hydrolysis) is 1. The van der Waals surface area contributed by atoms with Crippen molar-refractivity contribution in [1.29, 1.82) is 0 Å². The van der Waals surface area contributed by atoms with E-state index in [9.17, 15) is 4.79 Å². The van der Waals surface area contributed by atoms with E-state index in [-0.39, 0.29) is 6.10 Å². The third-order valence-corrected chi connectivity index (χ3v) is 4.64. The van der Waals surface area contributed by atoms with Gasteiger partial charge in [-0.05, 0) is 27.7 Å². The van der Waals surface area contributed by atoms with E-state index in [1.54, 1.807) is 0 Å². The van der Waals surface area contributed by atoms with Crippen molar-refractivity contribution in [3.8, 4) is 0 Å². The number of nitrogens with one attached hydrogen (secondary N) is 1. The van der Waals surface area contributed by atoms with E-state index in [1.807, 2.05) is 27.7 Å². The van der Waals surface area contributed by atoms with Gasteiger partial charge in [0.2, 0.25) is 0 Å². The van der Waals surface area contributed by atoms with Crippen LogP contribution >= 0.6 is 22.6 Å². The zero-order valence-electron chi connectivity index (χ0n) is 13.0. The van der Waals surface area contributed by atoms with E-state index in [0.717, 1.165) is 11.0 Å². The second-order valence-corrected chi connectivity index (χ2v) is 7.37. The maximum atomic E-state index is 11.7. The summed E-state index contributed by atoms with van der Waals surface area (Å²) in [6.45, 7) is 11.4. The van der Waals surface area contributed by atoms with Crippen LogP contribution in [0.4, 0.5) is 4.79 Å². The lowest BCUT2D eigenvalue weighted by Crippen LogP contribution is -2.48. The van der Waals surface area contributed by atoms with Crippen LogP contribution in [0.25, 0.3) is 0 Å². The first-order valence-corrected chi connectivity index (χ1v) is 8.46. The van der Waals surface area contributed by atoms with Crippen molar-refractivity contribution in [3.63, 3.8) is 0 Å². The molecular weight excluding hydrogens is 373 g/mol. The number of carbonyl (C=O) groups excluding carboxylic acids is 1. The second kappa shape index (κ2) is 7.26. The van der Waals surface area contributed by atoms with Crippen molar-refractivity contribution in [2.24, 2.45) is 5.92 Å². The van der Waals surface area contributed by atoms with Gasteiger partial charge in [0.05, 0.1) is 31.5 Å². The lowest BCUT2D eigenvalue weighted by atomic mass is 10.1. The maximum absolute atomic E-state index is 11.7. The van der Waals surface area contributed by atoms with Crippen molar-refractivity contribution in [2.75, 3.05) is 24.2 Å². The molecule has 0 saturated carbocycles. The highest BCUT2D eigenvalue weighted by atomic mass is 127. The molecule has 1 fully saturated rings. The number of amides is 1. The molecule has 3 atom stereocenters. The minimum atomic E-state index is -0.487. The van der Waals surface area contributed by atoms with Crippen LogP contribution in [0.1, 0.15) is 34.6 Å². The SMILES string of the molecule is CC1COCC1OC(C)(CI)CNC(=O)OC(C)(C)C. The monoisotopic (exact) mass is 399 g/mol. The molecule has 20 heavy (non-hydrogen) atoms. The molecule has 0 radical (unpaired) electrons. The molecule has 1 N–H and O–H groups in total. The molecule has 0 aromatic rings. The van der Waals surface area contributed by atoms with Crippen LogP contribution in [0.15, 0.2) is 0 Å². The molecule has 1 amide bonds. The zero-order valence-corrected chi connectivity index (χ0v) is 15.2. The Hall–Kier alpha value is -0.0800. The van der Waals surface area contributed by atoms with Gasteiger partial charge in [0.15, 0.2) is 0 Å². The predicted molar refractivity (Wildman–Crippen MR) is 86.4 cm³/mol. The molecule has 1 heterocycles. The smallest absolute Gasteiger partial charge is 0.407 e. The van der Waals surface area contributed by atoms with E-state index in [1.165, 1.54) is 0 Å². The third kappa shape index (κ3) is 6.13. The van der Waals surface area contributed by atoms with Crippen LogP contribution < -0.4 is 5.32 Å². The summed E-state index contributed by atoms with van der Waals surface area (Å²) in [5.41, 5.74) is -0.899. The van der Waals surface area contributed by atoms with Crippen molar-refractivity contribution < 1.29 is 19.0 Å². The van der Waals surface area contributed by atoms with E-state index in [2.05, 4.69) is 34.8 Å². The lowest BCUT2D eigenvalue weighted by molar-refractivity contribution is -0.0774. The van der Waals surface area contributed by atoms with Crippen LogP contribution in [-0.4, -0.2) is 47.6 Å². The number of rotatable bonds is 5. The highest BCUT2D eigenvalue weighted by Crippen LogP contribution is 2.24.